The maximum atomic E-state index is 12.1. The first-order chi connectivity index (χ1) is 7.07. The van der Waals surface area contributed by atoms with Gasteiger partial charge >= 0.3 is 0 Å². The standard InChI is InChI=1S/C11H22N2OS/c1-4-8(2)10(12)11(14)13-5-6-15-7-9(13)3/h8-10H,4-7,12H2,1-3H3. The van der Waals surface area contributed by atoms with E-state index in [1.807, 2.05) is 23.6 Å². The molecule has 3 atom stereocenters. The molecule has 0 aromatic rings. The predicted octanol–water partition coefficient (Wildman–Crippen LogP) is 1.32. The van der Waals surface area contributed by atoms with Crippen molar-refractivity contribution in [3.8, 4) is 0 Å². The molecule has 1 fully saturated rings. The van der Waals surface area contributed by atoms with Gasteiger partial charge in [-0.05, 0) is 12.8 Å². The van der Waals surface area contributed by atoms with Gasteiger partial charge in [0.2, 0.25) is 5.91 Å². The molecule has 3 unspecified atom stereocenters. The Hall–Kier alpha value is -0.220. The fourth-order valence-corrected chi connectivity index (χ4v) is 2.76. The number of hydrogen-bond acceptors (Lipinski definition) is 3. The van der Waals surface area contributed by atoms with Crippen LogP contribution in [0.4, 0.5) is 0 Å². The summed E-state index contributed by atoms with van der Waals surface area (Å²) in [5.74, 6) is 2.50. The molecule has 0 aliphatic carbocycles. The van der Waals surface area contributed by atoms with Crippen molar-refractivity contribution in [2.24, 2.45) is 11.7 Å². The largest absolute Gasteiger partial charge is 0.337 e. The molecule has 1 amide bonds. The van der Waals surface area contributed by atoms with Crippen LogP contribution in [0.5, 0.6) is 0 Å². The molecule has 1 heterocycles. The zero-order valence-corrected chi connectivity index (χ0v) is 10.7. The van der Waals surface area contributed by atoms with E-state index < -0.39 is 0 Å². The van der Waals surface area contributed by atoms with Crippen molar-refractivity contribution in [2.75, 3.05) is 18.1 Å². The number of amides is 1. The first-order valence-electron chi connectivity index (χ1n) is 5.71. The summed E-state index contributed by atoms with van der Waals surface area (Å²) in [7, 11) is 0. The lowest BCUT2D eigenvalue weighted by molar-refractivity contribution is -0.135. The highest BCUT2D eigenvalue weighted by Gasteiger charge is 2.29. The number of nitrogens with two attached hydrogens (primary N) is 1. The molecule has 0 spiro atoms. The number of rotatable bonds is 3. The lowest BCUT2D eigenvalue weighted by Crippen LogP contribution is -2.53. The average molecular weight is 230 g/mol. The van der Waals surface area contributed by atoms with Gasteiger partial charge in [0, 0.05) is 24.1 Å². The Bertz CT molecular complexity index is 223. The first kappa shape index (κ1) is 12.8. The Morgan fingerprint density at radius 1 is 1.67 bits per heavy atom. The van der Waals surface area contributed by atoms with E-state index in [0.717, 1.165) is 24.5 Å². The van der Waals surface area contributed by atoms with Gasteiger partial charge in [0.25, 0.3) is 0 Å². The summed E-state index contributed by atoms with van der Waals surface area (Å²) in [6.45, 7) is 7.08. The normalized spacial score (nSPS) is 26.1. The molecule has 1 aliphatic heterocycles. The molecule has 0 bridgehead atoms. The average Bonchev–Trinajstić information content (AvgIpc) is 2.26. The minimum atomic E-state index is -0.319. The van der Waals surface area contributed by atoms with Gasteiger partial charge in [0.05, 0.1) is 6.04 Å². The van der Waals surface area contributed by atoms with Crippen molar-refractivity contribution in [3.63, 3.8) is 0 Å². The molecule has 0 aromatic heterocycles. The Labute approximate surface area is 96.8 Å². The molecule has 2 N–H and O–H groups in total. The lowest BCUT2D eigenvalue weighted by Gasteiger charge is -2.35. The molecular weight excluding hydrogens is 208 g/mol. The zero-order chi connectivity index (χ0) is 11.4. The van der Waals surface area contributed by atoms with Gasteiger partial charge in [0.1, 0.15) is 0 Å². The zero-order valence-electron chi connectivity index (χ0n) is 9.90. The molecule has 3 nitrogen and oxygen atoms in total. The summed E-state index contributed by atoms with van der Waals surface area (Å²) < 4.78 is 0. The van der Waals surface area contributed by atoms with Gasteiger partial charge in [-0.25, -0.2) is 0 Å². The van der Waals surface area contributed by atoms with Crippen molar-refractivity contribution in [1.82, 2.24) is 4.90 Å². The summed E-state index contributed by atoms with van der Waals surface area (Å²) in [4.78, 5) is 14.1. The van der Waals surface area contributed by atoms with Gasteiger partial charge in [0.15, 0.2) is 0 Å². The highest BCUT2D eigenvalue weighted by Crippen LogP contribution is 2.18. The fourth-order valence-electron chi connectivity index (χ4n) is 1.74. The van der Waals surface area contributed by atoms with Crippen molar-refractivity contribution in [2.45, 2.75) is 39.3 Å². The van der Waals surface area contributed by atoms with Crippen LogP contribution in [0.25, 0.3) is 0 Å². The second-order valence-corrected chi connectivity index (χ2v) is 5.52. The summed E-state index contributed by atoms with van der Waals surface area (Å²) in [5.41, 5.74) is 5.97. The smallest absolute Gasteiger partial charge is 0.240 e. The van der Waals surface area contributed by atoms with Crippen LogP contribution in [-0.4, -0.2) is 40.9 Å². The molecule has 15 heavy (non-hydrogen) atoms. The van der Waals surface area contributed by atoms with Crippen LogP contribution in [-0.2, 0) is 4.79 Å². The van der Waals surface area contributed by atoms with E-state index in [0.29, 0.717) is 6.04 Å². The van der Waals surface area contributed by atoms with Gasteiger partial charge in [-0.15, -0.1) is 0 Å². The van der Waals surface area contributed by atoms with Crippen LogP contribution < -0.4 is 5.73 Å². The minimum Gasteiger partial charge on any atom is -0.337 e. The Balaban J connectivity index is 2.57. The van der Waals surface area contributed by atoms with E-state index in [-0.39, 0.29) is 17.9 Å². The Morgan fingerprint density at radius 2 is 2.33 bits per heavy atom. The second-order valence-electron chi connectivity index (χ2n) is 4.37. The Morgan fingerprint density at radius 3 is 2.87 bits per heavy atom. The predicted molar refractivity (Wildman–Crippen MR) is 65.9 cm³/mol. The number of carbonyl (C=O) groups excluding carboxylic acids is 1. The highest BCUT2D eigenvalue weighted by atomic mass is 32.2. The van der Waals surface area contributed by atoms with E-state index in [1.54, 1.807) is 0 Å². The maximum absolute atomic E-state index is 12.1. The lowest BCUT2D eigenvalue weighted by atomic mass is 9.98. The van der Waals surface area contributed by atoms with Crippen LogP contribution in [0.2, 0.25) is 0 Å². The third kappa shape index (κ3) is 3.11. The van der Waals surface area contributed by atoms with Gasteiger partial charge < -0.3 is 10.6 Å². The molecule has 1 saturated heterocycles. The first-order valence-corrected chi connectivity index (χ1v) is 6.87. The van der Waals surface area contributed by atoms with Crippen LogP contribution in [0.3, 0.4) is 0 Å². The van der Waals surface area contributed by atoms with Gasteiger partial charge in [-0.3, -0.25) is 4.79 Å². The molecule has 0 aromatic carbocycles. The molecular formula is C11H22N2OS. The van der Waals surface area contributed by atoms with E-state index in [9.17, 15) is 4.79 Å². The van der Waals surface area contributed by atoms with E-state index in [2.05, 4.69) is 13.8 Å². The molecule has 88 valence electrons. The van der Waals surface area contributed by atoms with Crippen molar-refractivity contribution >= 4 is 17.7 Å². The third-order valence-electron chi connectivity index (χ3n) is 3.19. The number of thioether (sulfide) groups is 1. The molecule has 1 rings (SSSR count). The van der Waals surface area contributed by atoms with Gasteiger partial charge in [-0.1, -0.05) is 20.3 Å². The van der Waals surface area contributed by atoms with Crippen LogP contribution >= 0.6 is 11.8 Å². The maximum Gasteiger partial charge on any atom is 0.240 e. The number of hydrogen-bond donors (Lipinski definition) is 1. The molecule has 4 heteroatoms. The molecule has 0 saturated carbocycles. The molecule has 1 aliphatic rings. The van der Waals surface area contributed by atoms with E-state index in [1.165, 1.54) is 0 Å². The SMILES string of the molecule is CCC(C)C(N)C(=O)N1CCSCC1C. The minimum absolute atomic E-state index is 0.136. The monoisotopic (exact) mass is 230 g/mol. The summed E-state index contributed by atoms with van der Waals surface area (Å²) >= 11 is 1.92. The summed E-state index contributed by atoms with van der Waals surface area (Å²) in [6, 6.07) is 0.0203. The summed E-state index contributed by atoms with van der Waals surface area (Å²) in [6.07, 6.45) is 0.962. The second kappa shape index (κ2) is 5.75. The third-order valence-corrected chi connectivity index (χ3v) is 4.38. The topological polar surface area (TPSA) is 46.3 Å². The number of carbonyl (C=O) groups is 1. The van der Waals surface area contributed by atoms with Crippen LogP contribution in [0.15, 0.2) is 0 Å². The highest BCUT2D eigenvalue weighted by molar-refractivity contribution is 7.99. The van der Waals surface area contributed by atoms with Crippen molar-refractivity contribution in [1.29, 1.82) is 0 Å². The van der Waals surface area contributed by atoms with Crippen molar-refractivity contribution in [3.05, 3.63) is 0 Å². The van der Waals surface area contributed by atoms with Gasteiger partial charge in [-0.2, -0.15) is 11.8 Å². The number of nitrogens with zero attached hydrogens (tertiary/aromatic N) is 1. The van der Waals surface area contributed by atoms with Crippen LogP contribution in [0.1, 0.15) is 27.2 Å². The van der Waals surface area contributed by atoms with E-state index in [4.69, 9.17) is 5.73 Å². The summed E-state index contributed by atoms with van der Waals surface area (Å²) in [5, 5.41) is 0. The van der Waals surface area contributed by atoms with E-state index >= 15 is 0 Å². The Kier molecular flexibility index (Phi) is 4.93. The quantitative estimate of drug-likeness (QED) is 0.795. The van der Waals surface area contributed by atoms with Crippen LogP contribution in [0, 0.1) is 5.92 Å². The molecule has 0 radical (unpaired) electrons. The van der Waals surface area contributed by atoms with Crippen molar-refractivity contribution < 1.29 is 4.79 Å². The fraction of sp³-hybridized carbons (Fsp3) is 0.909.